The lowest BCUT2D eigenvalue weighted by atomic mass is 9.87. The van der Waals surface area contributed by atoms with Crippen LogP contribution < -0.4 is 0 Å². The molecule has 0 bridgehead atoms. The van der Waals surface area contributed by atoms with E-state index < -0.39 is 9.84 Å². The number of thioether (sulfide) groups is 1. The van der Waals surface area contributed by atoms with Gasteiger partial charge in [0, 0.05) is 26.6 Å². The minimum absolute atomic E-state index is 0.122. The third-order valence-corrected chi connectivity index (χ3v) is 8.82. The van der Waals surface area contributed by atoms with Crippen LogP contribution >= 0.6 is 11.8 Å². The van der Waals surface area contributed by atoms with Gasteiger partial charge in [0.25, 0.3) is 0 Å². The molecule has 1 saturated carbocycles. The summed E-state index contributed by atoms with van der Waals surface area (Å²) in [5, 5.41) is 9.14. The van der Waals surface area contributed by atoms with Crippen LogP contribution in [0.1, 0.15) is 44.9 Å². The number of hydrogen-bond donors (Lipinski definition) is 0. The maximum Gasteiger partial charge on any atom is 0.233 e. The second-order valence-electron chi connectivity index (χ2n) is 8.14. The first-order valence-electron chi connectivity index (χ1n) is 9.72. The Balaban J connectivity index is 1.51. The van der Waals surface area contributed by atoms with E-state index in [0.717, 1.165) is 24.6 Å². The largest absolute Gasteiger partial charge is 0.342 e. The second kappa shape index (κ2) is 8.51. The highest BCUT2D eigenvalue weighted by molar-refractivity contribution is 7.99. The molecule has 2 heterocycles. The lowest BCUT2D eigenvalue weighted by Crippen LogP contribution is -2.40. The Morgan fingerprint density at radius 2 is 1.93 bits per heavy atom. The summed E-state index contributed by atoms with van der Waals surface area (Å²) < 4.78 is 25.1. The molecular weight excluding hydrogens is 384 g/mol. The van der Waals surface area contributed by atoms with Crippen LogP contribution in [0.25, 0.3) is 0 Å². The molecule has 0 radical (unpaired) electrons. The molecule has 1 aliphatic carbocycles. The molecule has 27 heavy (non-hydrogen) atoms. The van der Waals surface area contributed by atoms with Crippen molar-refractivity contribution < 1.29 is 13.2 Å². The van der Waals surface area contributed by atoms with Gasteiger partial charge in [0.1, 0.15) is 5.82 Å². The van der Waals surface area contributed by atoms with E-state index in [2.05, 4.69) is 17.1 Å². The Bertz CT molecular complexity index is 770. The molecule has 3 rings (SSSR count). The molecule has 2 fully saturated rings. The number of hydrogen-bond acceptors (Lipinski definition) is 6. The van der Waals surface area contributed by atoms with Gasteiger partial charge < -0.3 is 9.47 Å². The Labute approximate surface area is 166 Å². The van der Waals surface area contributed by atoms with Gasteiger partial charge >= 0.3 is 0 Å². The van der Waals surface area contributed by atoms with Gasteiger partial charge in [0.15, 0.2) is 15.0 Å². The molecule has 1 amide bonds. The third kappa shape index (κ3) is 5.25. The minimum Gasteiger partial charge on any atom is -0.342 e. The van der Waals surface area contributed by atoms with Crippen molar-refractivity contribution in [1.82, 2.24) is 19.7 Å². The number of amides is 1. The van der Waals surface area contributed by atoms with Crippen molar-refractivity contribution in [3.8, 4) is 0 Å². The fourth-order valence-corrected chi connectivity index (χ4v) is 6.72. The number of sulfone groups is 1. The van der Waals surface area contributed by atoms with Gasteiger partial charge in [-0.1, -0.05) is 18.7 Å². The van der Waals surface area contributed by atoms with Gasteiger partial charge in [0.05, 0.1) is 17.3 Å². The Hall–Kier alpha value is -1.09. The predicted octanol–water partition coefficient (Wildman–Crippen LogP) is 1.92. The zero-order valence-electron chi connectivity index (χ0n) is 16.4. The molecule has 0 aromatic carbocycles. The summed E-state index contributed by atoms with van der Waals surface area (Å²) in [4.78, 5) is 14.4. The molecule has 1 aliphatic heterocycles. The average Bonchev–Trinajstić information content (AvgIpc) is 3.15. The monoisotopic (exact) mass is 414 g/mol. The third-order valence-electron chi connectivity index (χ3n) is 5.97. The molecule has 1 unspecified atom stereocenters. The molecule has 1 atom stereocenters. The molecule has 9 heteroatoms. The van der Waals surface area contributed by atoms with Crippen molar-refractivity contribution >= 4 is 27.5 Å². The van der Waals surface area contributed by atoms with Gasteiger partial charge in [-0.05, 0) is 43.9 Å². The Morgan fingerprint density at radius 3 is 2.56 bits per heavy atom. The topological polar surface area (TPSA) is 85.2 Å². The lowest BCUT2D eigenvalue weighted by molar-refractivity contribution is -0.129. The van der Waals surface area contributed by atoms with E-state index >= 15 is 0 Å². The minimum atomic E-state index is -2.88. The van der Waals surface area contributed by atoms with Crippen LogP contribution in [0.15, 0.2) is 5.16 Å². The van der Waals surface area contributed by atoms with Crippen molar-refractivity contribution in [1.29, 1.82) is 0 Å². The number of carbonyl (C=O) groups is 1. The smallest absolute Gasteiger partial charge is 0.233 e. The molecular formula is C18H30N4O3S2. The van der Waals surface area contributed by atoms with E-state index in [4.69, 9.17) is 0 Å². The summed E-state index contributed by atoms with van der Waals surface area (Å²) in [6.07, 6.45) is 5.88. The Kier molecular flexibility index (Phi) is 6.50. The van der Waals surface area contributed by atoms with Crippen LogP contribution in [0.4, 0.5) is 0 Å². The van der Waals surface area contributed by atoms with E-state index in [1.54, 1.807) is 0 Å². The number of aromatic nitrogens is 3. The quantitative estimate of drug-likeness (QED) is 0.661. The van der Waals surface area contributed by atoms with Crippen LogP contribution in [-0.2, 0) is 28.1 Å². The zero-order valence-corrected chi connectivity index (χ0v) is 18.1. The second-order valence-corrected chi connectivity index (χ2v) is 11.3. The average molecular weight is 415 g/mol. The number of carbonyl (C=O) groups excluding carboxylic acids is 1. The van der Waals surface area contributed by atoms with Crippen LogP contribution in [0, 0.1) is 11.8 Å². The van der Waals surface area contributed by atoms with Crippen LogP contribution in [0.3, 0.4) is 0 Å². The van der Waals surface area contributed by atoms with Crippen molar-refractivity contribution in [3.63, 3.8) is 0 Å². The van der Waals surface area contributed by atoms with Crippen molar-refractivity contribution in [2.45, 2.75) is 56.6 Å². The summed E-state index contributed by atoms with van der Waals surface area (Å²) >= 11 is 1.41. The van der Waals surface area contributed by atoms with Crippen LogP contribution in [0.2, 0.25) is 0 Å². The Morgan fingerprint density at radius 1 is 1.22 bits per heavy atom. The fourth-order valence-electron chi connectivity index (χ4n) is 4.00. The SMILES string of the molecule is CC1CCC(N(C)C(=O)CSc2nnc(CC3CCS(=O)(=O)C3)n2C)CC1. The maximum atomic E-state index is 12.5. The highest BCUT2D eigenvalue weighted by Crippen LogP contribution is 2.27. The van der Waals surface area contributed by atoms with E-state index in [-0.39, 0.29) is 23.3 Å². The summed E-state index contributed by atoms with van der Waals surface area (Å²) in [5.74, 6) is 2.69. The zero-order chi connectivity index (χ0) is 19.6. The van der Waals surface area contributed by atoms with Gasteiger partial charge in [-0.3, -0.25) is 4.79 Å². The highest BCUT2D eigenvalue weighted by atomic mass is 32.2. The normalized spacial score (nSPS) is 27.6. The molecule has 0 N–H and O–H groups in total. The summed E-state index contributed by atoms with van der Waals surface area (Å²) in [5.41, 5.74) is 0. The van der Waals surface area contributed by atoms with Crippen molar-refractivity contribution in [2.75, 3.05) is 24.3 Å². The van der Waals surface area contributed by atoms with E-state index in [0.29, 0.717) is 29.8 Å². The van der Waals surface area contributed by atoms with Gasteiger partial charge in [0.2, 0.25) is 5.91 Å². The van der Waals surface area contributed by atoms with Crippen LogP contribution in [-0.4, -0.2) is 64.3 Å². The lowest BCUT2D eigenvalue weighted by Gasteiger charge is -2.33. The van der Waals surface area contributed by atoms with Crippen LogP contribution in [0.5, 0.6) is 0 Å². The van der Waals surface area contributed by atoms with Gasteiger partial charge in [-0.25, -0.2) is 8.42 Å². The molecule has 7 nitrogen and oxygen atoms in total. The van der Waals surface area contributed by atoms with E-state index in [1.807, 2.05) is 23.6 Å². The molecule has 152 valence electrons. The van der Waals surface area contributed by atoms with E-state index in [9.17, 15) is 13.2 Å². The molecule has 2 aliphatic rings. The van der Waals surface area contributed by atoms with Crippen molar-refractivity contribution in [2.24, 2.45) is 18.9 Å². The number of nitrogens with zero attached hydrogens (tertiary/aromatic N) is 4. The predicted molar refractivity (Wildman–Crippen MR) is 106 cm³/mol. The highest BCUT2D eigenvalue weighted by Gasteiger charge is 2.29. The molecule has 0 spiro atoms. The maximum absolute atomic E-state index is 12.5. The summed E-state index contributed by atoms with van der Waals surface area (Å²) in [6, 6.07) is 0.355. The number of rotatable bonds is 6. The fraction of sp³-hybridized carbons (Fsp3) is 0.833. The summed E-state index contributed by atoms with van der Waals surface area (Å²) in [6.45, 7) is 2.28. The summed E-state index contributed by atoms with van der Waals surface area (Å²) in [7, 11) is 0.916. The van der Waals surface area contributed by atoms with E-state index in [1.165, 1.54) is 24.6 Å². The first-order valence-corrected chi connectivity index (χ1v) is 12.5. The molecule has 1 aromatic rings. The standard InChI is InChI=1S/C18H30N4O3S2/c1-13-4-6-15(7-5-13)21(2)17(23)11-26-18-20-19-16(22(18)3)10-14-8-9-27(24,25)12-14/h13-15H,4-12H2,1-3H3. The molecule has 1 saturated heterocycles. The van der Waals surface area contributed by atoms with Gasteiger partial charge in [-0.15, -0.1) is 10.2 Å². The van der Waals surface area contributed by atoms with Crippen molar-refractivity contribution in [3.05, 3.63) is 5.82 Å². The first-order chi connectivity index (χ1) is 12.7. The van der Waals surface area contributed by atoms with Gasteiger partial charge in [-0.2, -0.15) is 0 Å². The first kappa shape index (κ1) is 20.6. The molecule has 1 aromatic heterocycles.